The number of nitrogens with zero attached hydrogens (tertiary/aromatic N) is 3. The molecule has 1 fully saturated rings. The van der Waals surface area contributed by atoms with Gasteiger partial charge in [-0.05, 0) is 49.2 Å². The molecule has 198 valence electrons. The lowest BCUT2D eigenvalue weighted by Gasteiger charge is -2.34. The highest BCUT2D eigenvalue weighted by molar-refractivity contribution is 7.89. The van der Waals surface area contributed by atoms with Crippen LogP contribution >= 0.6 is 11.3 Å². The highest BCUT2D eigenvalue weighted by Gasteiger charge is 2.32. The summed E-state index contributed by atoms with van der Waals surface area (Å²) in [5.74, 6) is -1.75. The third-order valence-corrected chi connectivity index (χ3v) is 9.61. The average Bonchev–Trinajstić information content (AvgIpc) is 3.25. The number of H-pyrrole nitrogens is 1. The molecule has 2 aromatic heterocycles. The van der Waals surface area contributed by atoms with Crippen molar-refractivity contribution < 1.29 is 22.0 Å². The van der Waals surface area contributed by atoms with Gasteiger partial charge in [0.2, 0.25) is 10.0 Å². The molecule has 4 aromatic rings. The Hall–Kier alpha value is -3.48. The van der Waals surface area contributed by atoms with Crippen LogP contribution in [0, 0.1) is 18.6 Å². The Morgan fingerprint density at radius 2 is 1.76 bits per heavy atom. The van der Waals surface area contributed by atoms with E-state index in [2.05, 4.69) is 9.97 Å². The van der Waals surface area contributed by atoms with Crippen LogP contribution in [0.4, 0.5) is 8.78 Å². The van der Waals surface area contributed by atoms with Crippen LogP contribution in [0.2, 0.25) is 0 Å². The number of carbonyl (C=O) groups excluding carboxylic acids is 1. The summed E-state index contributed by atoms with van der Waals surface area (Å²) in [6.07, 6.45) is 0.745. The van der Waals surface area contributed by atoms with E-state index in [1.807, 2.05) is 13.8 Å². The molecule has 0 radical (unpaired) electrons. The van der Waals surface area contributed by atoms with E-state index in [0.717, 1.165) is 33.3 Å². The van der Waals surface area contributed by atoms with Crippen molar-refractivity contribution in [3.63, 3.8) is 0 Å². The number of amides is 1. The van der Waals surface area contributed by atoms with Crippen molar-refractivity contribution in [1.29, 1.82) is 0 Å². The lowest BCUT2D eigenvalue weighted by Crippen LogP contribution is -2.50. The van der Waals surface area contributed by atoms with E-state index in [4.69, 9.17) is 0 Å². The number of carbonyl (C=O) groups is 1. The fourth-order valence-corrected chi connectivity index (χ4v) is 7.25. The summed E-state index contributed by atoms with van der Waals surface area (Å²) < 4.78 is 54.3. The number of aromatic nitrogens is 2. The predicted molar refractivity (Wildman–Crippen MR) is 141 cm³/mol. The van der Waals surface area contributed by atoms with E-state index in [1.54, 1.807) is 24.3 Å². The Morgan fingerprint density at radius 1 is 1.08 bits per heavy atom. The first kappa shape index (κ1) is 26.1. The van der Waals surface area contributed by atoms with Gasteiger partial charge in [-0.1, -0.05) is 19.1 Å². The van der Waals surface area contributed by atoms with Crippen LogP contribution in [0.5, 0.6) is 0 Å². The molecule has 8 nitrogen and oxygen atoms in total. The number of hydrogen-bond donors (Lipinski definition) is 1. The minimum Gasteiger partial charge on any atom is -0.336 e. The number of thiophene rings is 1. The third kappa shape index (κ3) is 4.63. The van der Waals surface area contributed by atoms with Crippen LogP contribution in [-0.4, -0.2) is 59.7 Å². The number of benzene rings is 2. The Kier molecular flexibility index (Phi) is 6.88. The van der Waals surface area contributed by atoms with Gasteiger partial charge < -0.3 is 9.88 Å². The summed E-state index contributed by atoms with van der Waals surface area (Å²) in [6.45, 7) is 4.07. The summed E-state index contributed by atoms with van der Waals surface area (Å²) in [5, 5.41) is 0.617. The topological polar surface area (TPSA) is 103 Å². The van der Waals surface area contributed by atoms with Gasteiger partial charge >= 0.3 is 0 Å². The molecule has 1 aliphatic heterocycles. The molecule has 5 rings (SSSR count). The van der Waals surface area contributed by atoms with E-state index in [-0.39, 0.29) is 37.6 Å². The molecule has 2 aromatic carbocycles. The molecule has 0 aliphatic carbocycles. The zero-order valence-corrected chi connectivity index (χ0v) is 22.3. The van der Waals surface area contributed by atoms with Gasteiger partial charge in [-0.3, -0.25) is 9.59 Å². The maximum atomic E-state index is 14.1. The van der Waals surface area contributed by atoms with Crippen LogP contribution in [0.3, 0.4) is 0 Å². The molecule has 0 unspecified atom stereocenters. The second-order valence-electron chi connectivity index (χ2n) is 8.93. The van der Waals surface area contributed by atoms with Crippen molar-refractivity contribution in [2.24, 2.45) is 0 Å². The van der Waals surface area contributed by atoms with Gasteiger partial charge in [-0.25, -0.2) is 22.2 Å². The van der Waals surface area contributed by atoms with E-state index < -0.39 is 26.6 Å². The molecule has 12 heteroatoms. The molecule has 1 aliphatic rings. The van der Waals surface area contributed by atoms with Gasteiger partial charge in [0.15, 0.2) is 0 Å². The summed E-state index contributed by atoms with van der Waals surface area (Å²) >= 11 is 1.48. The Labute approximate surface area is 221 Å². The number of aromatic amines is 1. The normalized spacial score (nSPS) is 14.8. The van der Waals surface area contributed by atoms with Gasteiger partial charge in [0.25, 0.3) is 11.5 Å². The standard InChI is InChI=1S/C26H24F2N4O4S2/c1-3-19-15(2)37-25-22(19)24(33)29-23(30-25)16-4-6-17(7-5-16)26(34)31-10-12-32(13-11-31)38(35,36)21-14-18(27)8-9-20(21)28/h4-9,14H,3,10-13H2,1-2H3,(H,29,30,33). The molecule has 0 atom stereocenters. The second-order valence-corrected chi connectivity index (χ2v) is 12.0. The molecule has 0 spiro atoms. The number of rotatable bonds is 5. The summed E-state index contributed by atoms with van der Waals surface area (Å²) in [7, 11) is -4.24. The summed E-state index contributed by atoms with van der Waals surface area (Å²) in [4.78, 5) is 35.8. The minimum absolute atomic E-state index is 0.0484. The predicted octanol–water partition coefficient (Wildman–Crippen LogP) is 3.95. The highest BCUT2D eigenvalue weighted by atomic mass is 32.2. The van der Waals surface area contributed by atoms with Crippen molar-refractivity contribution in [2.45, 2.75) is 25.2 Å². The maximum Gasteiger partial charge on any atom is 0.260 e. The van der Waals surface area contributed by atoms with E-state index in [9.17, 15) is 26.8 Å². The molecule has 1 N–H and O–H groups in total. The SMILES string of the molecule is CCc1c(C)sc2nc(-c3ccc(C(=O)N4CCN(S(=O)(=O)c5cc(F)ccc5F)CC4)cc3)[nH]c(=O)c12. The average molecular weight is 559 g/mol. The highest BCUT2D eigenvalue weighted by Crippen LogP contribution is 2.29. The van der Waals surface area contributed by atoms with Gasteiger partial charge in [0.1, 0.15) is 27.2 Å². The van der Waals surface area contributed by atoms with E-state index in [1.165, 1.54) is 16.2 Å². The molecular formula is C26H24F2N4O4S2. The van der Waals surface area contributed by atoms with Crippen LogP contribution in [0.15, 0.2) is 52.2 Å². The monoisotopic (exact) mass is 558 g/mol. The fraction of sp³-hybridized carbons (Fsp3) is 0.269. The second kappa shape index (κ2) is 10.0. The number of hydrogen-bond acceptors (Lipinski definition) is 6. The van der Waals surface area contributed by atoms with Crippen molar-refractivity contribution >= 4 is 37.5 Å². The van der Waals surface area contributed by atoms with Gasteiger partial charge in [0.05, 0.1) is 5.39 Å². The van der Waals surface area contributed by atoms with Crippen molar-refractivity contribution in [3.05, 3.63) is 80.5 Å². The van der Waals surface area contributed by atoms with Crippen LogP contribution in [0.25, 0.3) is 21.6 Å². The molecule has 1 amide bonds. The van der Waals surface area contributed by atoms with Crippen molar-refractivity contribution in [2.75, 3.05) is 26.2 Å². The zero-order chi connectivity index (χ0) is 27.2. The van der Waals surface area contributed by atoms with Crippen molar-refractivity contribution in [3.8, 4) is 11.4 Å². The quantitative estimate of drug-likeness (QED) is 0.400. The van der Waals surface area contributed by atoms with Gasteiger partial charge in [0, 0.05) is 42.2 Å². The smallest absolute Gasteiger partial charge is 0.260 e. The lowest BCUT2D eigenvalue weighted by molar-refractivity contribution is 0.0697. The third-order valence-electron chi connectivity index (χ3n) is 6.66. The zero-order valence-electron chi connectivity index (χ0n) is 20.6. The first-order chi connectivity index (χ1) is 18.1. The number of aryl methyl sites for hydroxylation is 2. The lowest BCUT2D eigenvalue weighted by atomic mass is 10.1. The van der Waals surface area contributed by atoms with Gasteiger partial charge in [-0.2, -0.15) is 4.31 Å². The van der Waals surface area contributed by atoms with E-state index >= 15 is 0 Å². The number of halogens is 2. The molecule has 3 heterocycles. The molecular weight excluding hydrogens is 534 g/mol. The minimum atomic E-state index is -4.24. The molecule has 0 bridgehead atoms. The number of fused-ring (bicyclic) bond motifs is 1. The fourth-order valence-electron chi connectivity index (χ4n) is 4.64. The molecule has 38 heavy (non-hydrogen) atoms. The first-order valence-corrected chi connectivity index (χ1v) is 14.2. The Bertz CT molecular complexity index is 1710. The maximum absolute atomic E-state index is 14.1. The molecule has 1 saturated heterocycles. The van der Waals surface area contributed by atoms with Crippen LogP contribution in [-0.2, 0) is 16.4 Å². The van der Waals surface area contributed by atoms with Crippen molar-refractivity contribution in [1.82, 2.24) is 19.2 Å². The van der Waals surface area contributed by atoms with E-state index in [0.29, 0.717) is 33.2 Å². The Morgan fingerprint density at radius 3 is 2.42 bits per heavy atom. The largest absolute Gasteiger partial charge is 0.336 e. The summed E-state index contributed by atoms with van der Waals surface area (Å²) in [6, 6.07) is 8.95. The molecule has 0 saturated carbocycles. The number of piperazine rings is 1. The Balaban J connectivity index is 1.30. The first-order valence-electron chi connectivity index (χ1n) is 12.0. The van der Waals surface area contributed by atoms with Gasteiger partial charge in [-0.15, -0.1) is 11.3 Å². The number of sulfonamides is 1. The van der Waals surface area contributed by atoms with Crippen LogP contribution < -0.4 is 5.56 Å². The van der Waals surface area contributed by atoms with Crippen LogP contribution in [0.1, 0.15) is 27.7 Å². The summed E-state index contributed by atoms with van der Waals surface area (Å²) in [5.41, 5.74) is 1.85. The number of nitrogens with one attached hydrogen (secondary N) is 1.